The number of halogens is 2. The lowest BCUT2D eigenvalue weighted by Gasteiger charge is -2.08. The Balaban J connectivity index is 1.61. The first-order valence-corrected chi connectivity index (χ1v) is 9.70. The van der Waals surface area contributed by atoms with Crippen LogP contribution in [0.15, 0.2) is 42.5 Å². The fourth-order valence-corrected chi connectivity index (χ4v) is 3.95. The summed E-state index contributed by atoms with van der Waals surface area (Å²) >= 11 is 13.4. The van der Waals surface area contributed by atoms with Crippen LogP contribution in [0.5, 0.6) is 0 Å². The van der Waals surface area contributed by atoms with Crippen molar-refractivity contribution >= 4 is 51.1 Å². The molecule has 0 spiro atoms. The molecule has 0 saturated carbocycles. The summed E-state index contributed by atoms with van der Waals surface area (Å²) in [6.45, 7) is 2.01. The van der Waals surface area contributed by atoms with Crippen LogP contribution < -0.4 is 5.32 Å². The molecule has 4 rings (SSSR count). The molecule has 2 aromatic carbocycles. The quantitative estimate of drug-likeness (QED) is 0.508. The lowest BCUT2D eigenvalue weighted by Crippen LogP contribution is -2.12. The summed E-state index contributed by atoms with van der Waals surface area (Å²) in [6, 6.07) is 12.2. The summed E-state index contributed by atoms with van der Waals surface area (Å²) in [5, 5.41) is 17.2. The Morgan fingerprint density at radius 1 is 1.19 bits per heavy atom. The lowest BCUT2D eigenvalue weighted by atomic mass is 10.2. The molecule has 9 heteroatoms. The predicted molar refractivity (Wildman–Crippen MR) is 108 cm³/mol. The molecule has 0 aliphatic rings. The van der Waals surface area contributed by atoms with Crippen molar-refractivity contribution in [2.24, 2.45) is 0 Å². The molecule has 1 amide bonds. The monoisotopic (exact) mass is 417 g/mol. The fraction of sp³-hybridized carbons (Fsp3) is 0.111. The highest BCUT2D eigenvalue weighted by Crippen LogP contribution is 2.28. The van der Waals surface area contributed by atoms with Gasteiger partial charge in [0.1, 0.15) is 5.01 Å². The van der Waals surface area contributed by atoms with E-state index in [-0.39, 0.29) is 5.91 Å². The molecule has 6 nitrogen and oxygen atoms in total. The third-order valence-electron chi connectivity index (χ3n) is 3.91. The second-order valence-corrected chi connectivity index (χ2v) is 7.53. The minimum absolute atomic E-state index is 0.303. The maximum absolute atomic E-state index is 12.5. The summed E-state index contributed by atoms with van der Waals surface area (Å²) in [6.07, 6.45) is 0.752. The highest BCUT2D eigenvalue weighted by molar-refractivity contribution is 7.19. The molecule has 0 aliphatic carbocycles. The molecule has 0 bridgehead atoms. The molecular weight excluding hydrogens is 405 g/mol. The summed E-state index contributed by atoms with van der Waals surface area (Å²) in [5.41, 5.74) is 1.88. The minimum Gasteiger partial charge on any atom is -0.322 e. The largest absolute Gasteiger partial charge is 0.322 e. The third kappa shape index (κ3) is 3.53. The first kappa shape index (κ1) is 17.9. The number of anilines is 1. The molecule has 0 saturated heterocycles. The molecule has 4 aromatic rings. The first-order chi connectivity index (χ1) is 13.0. The molecule has 1 N–H and O–H groups in total. The number of fused-ring (bicyclic) bond motifs is 1. The zero-order chi connectivity index (χ0) is 19.0. The highest BCUT2D eigenvalue weighted by atomic mass is 35.5. The van der Waals surface area contributed by atoms with Gasteiger partial charge in [0.25, 0.3) is 5.91 Å². The summed E-state index contributed by atoms with van der Waals surface area (Å²) in [7, 11) is 0. The Bertz CT molecular complexity index is 1150. The molecule has 0 unspecified atom stereocenters. The molecule has 0 atom stereocenters. The van der Waals surface area contributed by atoms with E-state index in [0.717, 1.165) is 27.8 Å². The average Bonchev–Trinajstić information content (AvgIpc) is 3.22. The van der Waals surface area contributed by atoms with E-state index in [2.05, 4.69) is 20.6 Å². The van der Waals surface area contributed by atoms with Crippen molar-refractivity contribution in [1.82, 2.24) is 19.8 Å². The van der Waals surface area contributed by atoms with E-state index in [1.165, 1.54) is 11.3 Å². The van der Waals surface area contributed by atoms with E-state index in [1.807, 2.05) is 31.2 Å². The van der Waals surface area contributed by atoms with Gasteiger partial charge in [-0.25, -0.2) is 0 Å². The number of nitrogens with zero attached hydrogens (tertiary/aromatic N) is 4. The van der Waals surface area contributed by atoms with Crippen LogP contribution in [0.3, 0.4) is 0 Å². The summed E-state index contributed by atoms with van der Waals surface area (Å²) in [4.78, 5) is 13.2. The van der Waals surface area contributed by atoms with Crippen molar-refractivity contribution in [3.8, 4) is 10.6 Å². The predicted octanol–water partition coefficient (Wildman–Crippen LogP) is 4.97. The van der Waals surface area contributed by atoms with Crippen molar-refractivity contribution in [1.29, 1.82) is 0 Å². The molecule has 27 heavy (non-hydrogen) atoms. The van der Waals surface area contributed by atoms with Crippen LogP contribution in [0.2, 0.25) is 10.0 Å². The number of rotatable bonds is 4. The second-order valence-electron chi connectivity index (χ2n) is 5.73. The van der Waals surface area contributed by atoms with Crippen molar-refractivity contribution < 1.29 is 4.79 Å². The van der Waals surface area contributed by atoms with Gasteiger partial charge in [-0.05, 0) is 30.3 Å². The van der Waals surface area contributed by atoms with Gasteiger partial charge in [-0.15, -0.1) is 10.2 Å². The number of benzene rings is 2. The smallest absolute Gasteiger partial charge is 0.257 e. The lowest BCUT2D eigenvalue weighted by molar-refractivity contribution is 0.102. The zero-order valence-electron chi connectivity index (χ0n) is 14.1. The van der Waals surface area contributed by atoms with Gasteiger partial charge in [-0.2, -0.15) is 9.61 Å². The zero-order valence-corrected chi connectivity index (χ0v) is 16.4. The highest BCUT2D eigenvalue weighted by Gasteiger charge is 2.14. The van der Waals surface area contributed by atoms with E-state index in [4.69, 9.17) is 23.2 Å². The maximum atomic E-state index is 12.5. The Kier molecular flexibility index (Phi) is 4.82. The van der Waals surface area contributed by atoms with E-state index in [1.54, 1.807) is 22.7 Å². The van der Waals surface area contributed by atoms with Gasteiger partial charge < -0.3 is 5.32 Å². The van der Waals surface area contributed by atoms with Crippen LogP contribution >= 0.6 is 34.5 Å². The molecular formula is C18H13Cl2N5OS. The molecule has 2 heterocycles. The van der Waals surface area contributed by atoms with Crippen LogP contribution in [0, 0.1) is 0 Å². The van der Waals surface area contributed by atoms with Gasteiger partial charge in [0.15, 0.2) is 5.82 Å². The van der Waals surface area contributed by atoms with Gasteiger partial charge >= 0.3 is 0 Å². The van der Waals surface area contributed by atoms with Crippen LogP contribution in [0.1, 0.15) is 23.1 Å². The van der Waals surface area contributed by atoms with E-state index >= 15 is 0 Å². The van der Waals surface area contributed by atoms with Crippen molar-refractivity contribution in [3.63, 3.8) is 0 Å². The van der Waals surface area contributed by atoms with E-state index in [0.29, 0.717) is 21.3 Å². The SMILES string of the molecule is CCc1nnc2sc(-c3cccc(NC(=O)c4ccc(Cl)cc4Cl)c3)nn12. The first-order valence-electron chi connectivity index (χ1n) is 8.13. The summed E-state index contributed by atoms with van der Waals surface area (Å²) < 4.78 is 1.75. The standard InChI is InChI=1S/C18H13Cl2N5OS/c1-2-15-22-23-18-25(15)24-17(27-18)10-4-3-5-12(8-10)21-16(26)13-7-6-11(19)9-14(13)20/h3-9H,2H2,1H3,(H,21,26). The molecule has 0 aliphatic heterocycles. The van der Waals surface area contributed by atoms with Gasteiger partial charge in [-0.3, -0.25) is 4.79 Å². The number of amides is 1. The van der Waals surface area contributed by atoms with Crippen LogP contribution in [-0.2, 0) is 6.42 Å². The molecule has 0 radical (unpaired) electrons. The van der Waals surface area contributed by atoms with Crippen molar-refractivity contribution in [2.45, 2.75) is 13.3 Å². The van der Waals surface area contributed by atoms with E-state index < -0.39 is 0 Å². The number of aryl methyl sites for hydroxylation is 1. The maximum Gasteiger partial charge on any atom is 0.257 e. The average molecular weight is 418 g/mol. The number of aromatic nitrogens is 4. The Morgan fingerprint density at radius 3 is 2.81 bits per heavy atom. The van der Waals surface area contributed by atoms with Crippen LogP contribution in [-0.4, -0.2) is 25.7 Å². The molecule has 0 fully saturated rings. The topological polar surface area (TPSA) is 72.2 Å². The number of carbonyl (C=O) groups is 1. The van der Waals surface area contributed by atoms with Crippen molar-refractivity contribution in [2.75, 3.05) is 5.32 Å². The Morgan fingerprint density at radius 2 is 2.04 bits per heavy atom. The second kappa shape index (κ2) is 7.26. The van der Waals surface area contributed by atoms with E-state index in [9.17, 15) is 4.79 Å². The Labute approximate surface area is 168 Å². The number of nitrogens with one attached hydrogen (secondary N) is 1. The number of carbonyl (C=O) groups excluding carboxylic acids is 1. The molecule has 2 aromatic heterocycles. The van der Waals surface area contributed by atoms with Gasteiger partial charge in [0.2, 0.25) is 4.96 Å². The van der Waals surface area contributed by atoms with Gasteiger partial charge in [0.05, 0.1) is 10.6 Å². The van der Waals surface area contributed by atoms with Crippen LogP contribution in [0.25, 0.3) is 15.5 Å². The summed E-state index contributed by atoms with van der Waals surface area (Å²) in [5.74, 6) is 0.509. The Hall–Kier alpha value is -2.48. The third-order valence-corrected chi connectivity index (χ3v) is 5.41. The fourth-order valence-electron chi connectivity index (χ4n) is 2.60. The van der Waals surface area contributed by atoms with Crippen LogP contribution in [0.4, 0.5) is 5.69 Å². The molecule has 136 valence electrons. The van der Waals surface area contributed by atoms with Crippen molar-refractivity contribution in [3.05, 3.63) is 63.9 Å². The normalized spacial score (nSPS) is 11.1. The van der Waals surface area contributed by atoms with Gasteiger partial charge in [0, 0.05) is 22.7 Å². The number of hydrogen-bond donors (Lipinski definition) is 1. The number of hydrogen-bond acceptors (Lipinski definition) is 5. The van der Waals surface area contributed by atoms with Gasteiger partial charge in [-0.1, -0.05) is 53.6 Å². The minimum atomic E-state index is -0.305.